The Morgan fingerprint density at radius 3 is 2.89 bits per heavy atom. The summed E-state index contributed by atoms with van der Waals surface area (Å²) in [7, 11) is 0. The molecule has 0 saturated heterocycles. The summed E-state index contributed by atoms with van der Waals surface area (Å²) in [6.45, 7) is 4.76. The minimum Gasteiger partial charge on any atom is -0.484 e. The summed E-state index contributed by atoms with van der Waals surface area (Å²) in [5, 5.41) is 7.69. The SMILES string of the molecule is CSc1ccccc1OCc1cc(C(=O)NCCc2nc(C)c(C)s2)no1. The first-order valence-corrected chi connectivity index (χ1v) is 10.5. The van der Waals surface area contributed by atoms with Crippen LogP contribution in [0.3, 0.4) is 0 Å². The minimum absolute atomic E-state index is 0.218. The summed E-state index contributed by atoms with van der Waals surface area (Å²) in [5.41, 5.74) is 1.30. The predicted octanol–water partition coefficient (Wildman–Crippen LogP) is 4.02. The Bertz CT molecular complexity index is 901. The van der Waals surface area contributed by atoms with Gasteiger partial charge in [0.1, 0.15) is 12.4 Å². The fourth-order valence-electron chi connectivity index (χ4n) is 2.39. The van der Waals surface area contributed by atoms with Crippen molar-refractivity contribution < 1.29 is 14.1 Å². The second-order valence-corrected chi connectivity index (χ2v) is 8.01. The average molecular weight is 404 g/mol. The number of carbonyl (C=O) groups is 1. The van der Waals surface area contributed by atoms with E-state index in [0.717, 1.165) is 21.3 Å². The van der Waals surface area contributed by atoms with E-state index in [4.69, 9.17) is 9.26 Å². The third-order valence-corrected chi connectivity index (χ3v) is 5.84. The van der Waals surface area contributed by atoms with Crippen LogP contribution in [0, 0.1) is 13.8 Å². The van der Waals surface area contributed by atoms with Gasteiger partial charge in [0, 0.05) is 28.8 Å². The van der Waals surface area contributed by atoms with Crippen LogP contribution in [0.5, 0.6) is 5.75 Å². The number of thiazole rings is 1. The number of hydrogen-bond donors (Lipinski definition) is 1. The number of benzene rings is 1. The van der Waals surface area contributed by atoms with Gasteiger partial charge < -0.3 is 14.6 Å². The molecule has 0 fully saturated rings. The highest BCUT2D eigenvalue weighted by atomic mass is 32.2. The Morgan fingerprint density at radius 1 is 1.33 bits per heavy atom. The number of thioether (sulfide) groups is 1. The lowest BCUT2D eigenvalue weighted by Gasteiger charge is -2.07. The number of aryl methyl sites for hydroxylation is 2. The fraction of sp³-hybridized carbons (Fsp3) is 0.316. The van der Waals surface area contributed by atoms with Gasteiger partial charge in [-0.25, -0.2) is 4.98 Å². The molecule has 6 nitrogen and oxygen atoms in total. The molecule has 1 aromatic carbocycles. The van der Waals surface area contributed by atoms with Crippen LogP contribution < -0.4 is 10.1 Å². The molecule has 0 saturated carbocycles. The Labute approximate surface area is 166 Å². The maximum Gasteiger partial charge on any atom is 0.273 e. The lowest BCUT2D eigenvalue weighted by atomic mass is 10.3. The molecule has 0 spiro atoms. The number of aromatic nitrogens is 2. The highest BCUT2D eigenvalue weighted by Crippen LogP contribution is 2.27. The largest absolute Gasteiger partial charge is 0.484 e. The van der Waals surface area contributed by atoms with Crippen LogP contribution in [0.1, 0.15) is 31.8 Å². The molecule has 0 atom stereocenters. The van der Waals surface area contributed by atoms with Crippen molar-refractivity contribution in [3.8, 4) is 5.75 Å². The van der Waals surface area contributed by atoms with Crippen LogP contribution in [0.25, 0.3) is 0 Å². The van der Waals surface area contributed by atoms with Crippen molar-refractivity contribution in [3.63, 3.8) is 0 Å². The zero-order chi connectivity index (χ0) is 19.2. The van der Waals surface area contributed by atoms with Gasteiger partial charge in [0.05, 0.1) is 10.7 Å². The fourth-order valence-corrected chi connectivity index (χ4v) is 3.87. The summed E-state index contributed by atoms with van der Waals surface area (Å²) >= 11 is 3.27. The number of ether oxygens (including phenoxy) is 1. The quantitative estimate of drug-likeness (QED) is 0.573. The molecule has 3 rings (SSSR count). The van der Waals surface area contributed by atoms with E-state index >= 15 is 0 Å². The van der Waals surface area contributed by atoms with E-state index in [1.54, 1.807) is 29.2 Å². The van der Waals surface area contributed by atoms with Gasteiger partial charge in [-0.15, -0.1) is 23.1 Å². The van der Waals surface area contributed by atoms with Crippen molar-refractivity contribution in [1.82, 2.24) is 15.5 Å². The van der Waals surface area contributed by atoms with E-state index in [1.165, 1.54) is 4.88 Å². The molecule has 0 radical (unpaired) electrons. The Balaban J connectivity index is 1.50. The molecule has 0 bridgehead atoms. The molecule has 142 valence electrons. The second-order valence-electron chi connectivity index (χ2n) is 5.87. The lowest BCUT2D eigenvalue weighted by Crippen LogP contribution is -2.25. The summed E-state index contributed by atoms with van der Waals surface area (Å²) in [4.78, 5) is 18.9. The summed E-state index contributed by atoms with van der Waals surface area (Å²) in [5.74, 6) is 1.02. The molecule has 0 aliphatic rings. The van der Waals surface area contributed by atoms with E-state index < -0.39 is 0 Å². The molecule has 2 heterocycles. The van der Waals surface area contributed by atoms with E-state index in [-0.39, 0.29) is 18.2 Å². The van der Waals surface area contributed by atoms with E-state index in [9.17, 15) is 4.79 Å². The minimum atomic E-state index is -0.264. The van der Waals surface area contributed by atoms with E-state index in [2.05, 4.69) is 15.5 Å². The molecule has 27 heavy (non-hydrogen) atoms. The summed E-state index contributed by atoms with van der Waals surface area (Å²) in [6, 6.07) is 9.38. The van der Waals surface area contributed by atoms with E-state index in [0.29, 0.717) is 18.7 Å². The highest BCUT2D eigenvalue weighted by Gasteiger charge is 2.13. The Morgan fingerprint density at radius 2 is 2.15 bits per heavy atom. The second kappa shape index (κ2) is 9.05. The highest BCUT2D eigenvalue weighted by molar-refractivity contribution is 7.98. The number of nitrogens with one attached hydrogen (secondary N) is 1. The number of hydrogen-bond acceptors (Lipinski definition) is 7. The van der Waals surface area contributed by atoms with Crippen LogP contribution in [0.15, 0.2) is 39.8 Å². The number of carbonyl (C=O) groups excluding carboxylic acids is 1. The molecule has 8 heteroatoms. The molecule has 0 unspecified atom stereocenters. The van der Waals surface area contributed by atoms with Crippen molar-refractivity contribution in [2.75, 3.05) is 12.8 Å². The van der Waals surface area contributed by atoms with Gasteiger partial charge >= 0.3 is 0 Å². The van der Waals surface area contributed by atoms with Crippen molar-refractivity contribution in [2.24, 2.45) is 0 Å². The lowest BCUT2D eigenvalue weighted by molar-refractivity contribution is 0.0944. The number of amides is 1. The Hall–Kier alpha value is -2.32. The van der Waals surface area contributed by atoms with Gasteiger partial charge in [0.2, 0.25) is 0 Å². The first kappa shape index (κ1) is 19.4. The van der Waals surface area contributed by atoms with Crippen molar-refractivity contribution in [1.29, 1.82) is 0 Å². The summed E-state index contributed by atoms with van der Waals surface area (Å²) < 4.78 is 11.0. The maximum atomic E-state index is 12.2. The van der Waals surface area contributed by atoms with Crippen LogP contribution in [-0.2, 0) is 13.0 Å². The van der Waals surface area contributed by atoms with Crippen LogP contribution in [-0.4, -0.2) is 28.8 Å². The monoisotopic (exact) mass is 403 g/mol. The third kappa shape index (κ3) is 5.11. The van der Waals surface area contributed by atoms with Gasteiger partial charge in [-0.05, 0) is 32.2 Å². The number of para-hydroxylation sites is 1. The zero-order valence-electron chi connectivity index (χ0n) is 15.4. The summed E-state index contributed by atoms with van der Waals surface area (Å²) in [6.07, 6.45) is 2.69. The standard InChI is InChI=1S/C19H21N3O3S2/c1-12-13(2)27-18(21-12)8-9-20-19(23)15-10-14(25-22-15)11-24-16-6-4-5-7-17(16)26-3/h4-7,10H,8-9,11H2,1-3H3,(H,20,23). The predicted molar refractivity (Wildman–Crippen MR) is 107 cm³/mol. The van der Waals surface area contributed by atoms with Crippen molar-refractivity contribution >= 4 is 29.0 Å². The van der Waals surface area contributed by atoms with E-state index in [1.807, 2.05) is 44.4 Å². The van der Waals surface area contributed by atoms with Crippen molar-refractivity contribution in [3.05, 3.63) is 57.4 Å². The topological polar surface area (TPSA) is 77.2 Å². The normalized spacial score (nSPS) is 10.8. The number of rotatable bonds is 8. The smallest absolute Gasteiger partial charge is 0.273 e. The molecular weight excluding hydrogens is 382 g/mol. The molecule has 0 aliphatic heterocycles. The van der Waals surface area contributed by atoms with Crippen LogP contribution >= 0.6 is 23.1 Å². The zero-order valence-corrected chi connectivity index (χ0v) is 17.1. The molecule has 1 amide bonds. The maximum absolute atomic E-state index is 12.2. The van der Waals surface area contributed by atoms with Gasteiger partial charge in [-0.2, -0.15) is 0 Å². The van der Waals surface area contributed by atoms with Crippen LogP contribution in [0.2, 0.25) is 0 Å². The van der Waals surface area contributed by atoms with Gasteiger partial charge in [-0.1, -0.05) is 17.3 Å². The third-order valence-electron chi connectivity index (χ3n) is 3.93. The molecular formula is C19H21N3O3S2. The Kier molecular flexibility index (Phi) is 6.52. The van der Waals surface area contributed by atoms with Gasteiger partial charge in [-0.3, -0.25) is 4.79 Å². The molecule has 1 N–H and O–H groups in total. The molecule has 0 aliphatic carbocycles. The number of nitrogens with zero attached hydrogens (tertiary/aromatic N) is 2. The first-order valence-electron chi connectivity index (χ1n) is 8.49. The van der Waals surface area contributed by atoms with Crippen LogP contribution in [0.4, 0.5) is 0 Å². The molecule has 2 aromatic heterocycles. The molecule has 3 aromatic rings. The van der Waals surface area contributed by atoms with Gasteiger partial charge in [0.15, 0.2) is 11.5 Å². The van der Waals surface area contributed by atoms with Crippen molar-refractivity contribution in [2.45, 2.75) is 31.8 Å². The first-order chi connectivity index (χ1) is 13.1. The van der Waals surface area contributed by atoms with Gasteiger partial charge in [0.25, 0.3) is 5.91 Å². The average Bonchev–Trinajstić information content (AvgIpc) is 3.27.